The van der Waals surface area contributed by atoms with Crippen LogP contribution < -0.4 is 0 Å². The summed E-state index contributed by atoms with van der Waals surface area (Å²) in [5.74, 6) is 0. The van der Waals surface area contributed by atoms with E-state index >= 15 is 0 Å². The van der Waals surface area contributed by atoms with Gasteiger partial charge >= 0.3 is 0 Å². The summed E-state index contributed by atoms with van der Waals surface area (Å²) < 4.78 is 0. The number of nitrogens with one attached hydrogen (secondary N) is 1. The molecule has 0 fully saturated rings. The maximum atomic E-state index is 6.22. The van der Waals surface area contributed by atoms with Crippen molar-refractivity contribution in [2.75, 3.05) is 0 Å². The third-order valence-corrected chi connectivity index (χ3v) is 4.10. The Hall–Kier alpha value is -2.32. The number of aromatic amines is 1. The molecule has 0 saturated carbocycles. The number of hydrogen-bond donors (Lipinski definition) is 1. The van der Waals surface area contributed by atoms with Gasteiger partial charge in [-0.1, -0.05) is 41.4 Å². The second kappa shape index (κ2) is 4.61. The van der Waals surface area contributed by atoms with Gasteiger partial charge in [0.05, 0.1) is 21.7 Å². The van der Waals surface area contributed by atoms with Crippen molar-refractivity contribution < 1.29 is 0 Å². The van der Waals surface area contributed by atoms with Crippen LogP contribution in [0.25, 0.3) is 33.1 Å². The van der Waals surface area contributed by atoms with Crippen LogP contribution >= 0.6 is 11.6 Å². The molecule has 0 bridgehead atoms. The zero-order chi connectivity index (χ0) is 14.4. The largest absolute Gasteiger partial charge is 0.359 e. The number of para-hydroxylation sites is 1. The predicted molar refractivity (Wildman–Crippen MR) is 88.8 cm³/mol. The van der Waals surface area contributed by atoms with Gasteiger partial charge in [0.15, 0.2) is 0 Å². The van der Waals surface area contributed by atoms with Gasteiger partial charge in [-0.15, -0.1) is 0 Å². The molecule has 0 saturated heterocycles. The van der Waals surface area contributed by atoms with Crippen LogP contribution in [0.2, 0.25) is 5.02 Å². The highest BCUT2D eigenvalue weighted by atomic mass is 35.5. The molecule has 2 aromatic carbocycles. The average Bonchev–Trinajstić information content (AvgIpc) is 2.92. The fourth-order valence-corrected chi connectivity index (χ4v) is 2.95. The number of fused-ring (bicyclic) bond motifs is 2. The molecular formula is C18H13ClN2. The third-order valence-electron chi connectivity index (χ3n) is 3.79. The number of rotatable bonds is 1. The van der Waals surface area contributed by atoms with Gasteiger partial charge in [0.2, 0.25) is 0 Å². The predicted octanol–water partition coefficient (Wildman–Crippen LogP) is 5.34. The molecule has 21 heavy (non-hydrogen) atoms. The van der Waals surface area contributed by atoms with E-state index in [1.807, 2.05) is 18.3 Å². The van der Waals surface area contributed by atoms with E-state index in [0.717, 1.165) is 38.1 Å². The molecule has 0 aliphatic carbocycles. The Balaban J connectivity index is 1.96. The highest BCUT2D eigenvalue weighted by molar-refractivity contribution is 6.35. The Kier molecular flexibility index (Phi) is 2.72. The van der Waals surface area contributed by atoms with Crippen molar-refractivity contribution in [1.29, 1.82) is 0 Å². The van der Waals surface area contributed by atoms with Gasteiger partial charge < -0.3 is 4.98 Å². The molecule has 0 aliphatic rings. The zero-order valence-corrected chi connectivity index (χ0v) is 12.3. The van der Waals surface area contributed by atoms with Crippen molar-refractivity contribution in [3.05, 3.63) is 65.3 Å². The number of aryl methyl sites for hydroxylation is 1. The second-order valence-corrected chi connectivity index (χ2v) is 5.66. The summed E-state index contributed by atoms with van der Waals surface area (Å²) in [6, 6.07) is 16.4. The minimum atomic E-state index is 0.732. The molecule has 0 atom stereocenters. The van der Waals surface area contributed by atoms with Crippen LogP contribution in [-0.2, 0) is 0 Å². The molecule has 0 aliphatic heterocycles. The van der Waals surface area contributed by atoms with E-state index in [4.69, 9.17) is 16.6 Å². The summed E-state index contributed by atoms with van der Waals surface area (Å²) in [6.07, 6.45) is 1.97. The van der Waals surface area contributed by atoms with E-state index in [9.17, 15) is 0 Å². The number of nitrogens with zero attached hydrogens (tertiary/aromatic N) is 1. The van der Waals surface area contributed by atoms with E-state index < -0.39 is 0 Å². The van der Waals surface area contributed by atoms with E-state index in [2.05, 4.69) is 48.3 Å². The van der Waals surface area contributed by atoms with Gasteiger partial charge in [0, 0.05) is 22.5 Å². The van der Waals surface area contributed by atoms with Crippen LogP contribution in [0, 0.1) is 6.92 Å². The van der Waals surface area contributed by atoms with Crippen molar-refractivity contribution in [2.45, 2.75) is 6.92 Å². The molecule has 0 spiro atoms. The van der Waals surface area contributed by atoms with Crippen LogP contribution in [0.4, 0.5) is 0 Å². The molecule has 1 N–H and O–H groups in total. The molecule has 0 unspecified atom stereocenters. The minimum absolute atomic E-state index is 0.732. The first-order chi connectivity index (χ1) is 10.2. The van der Waals surface area contributed by atoms with Crippen LogP contribution in [0.15, 0.2) is 54.7 Å². The SMILES string of the molecule is Cc1ccc2nc(-c3c[nH]c4c(Cl)cccc34)ccc2c1. The van der Waals surface area contributed by atoms with Gasteiger partial charge in [-0.2, -0.15) is 0 Å². The number of aromatic nitrogens is 2. The highest BCUT2D eigenvalue weighted by Gasteiger charge is 2.09. The lowest BCUT2D eigenvalue weighted by Crippen LogP contribution is -1.85. The molecule has 2 nitrogen and oxygen atoms in total. The van der Waals surface area contributed by atoms with Crippen molar-refractivity contribution >= 4 is 33.4 Å². The zero-order valence-electron chi connectivity index (χ0n) is 11.5. The summed E-state index contributed by atoms with van der Waals surface area (Å²) in [7, 11) is 0. The lowest BCUT2D eigenvalue weighted by molar-refractivity contribution is 1.38. The van der Waals surface area contributed by atoms with E-state index in [1.165, 1.54) is 5.56 Å². The summed E-state index contributed by atoms with van der Waals surface area (Å²) >= 11 is 6.22. The quantitative estimate of drug-likeness (QED) is 0.503. The molecule has 4 rings (SSSR count). The fourth-order valence-electron chi connectivity index (χ4n) is 2.72. The summed E-state index contributed by atoms with van der Waals surface area (Å²) in [5, 5.41) is 2.99. The second-order valence-electron chi connectivity index (χ2n) is 5.26. The van der Waals surface area contributed by atoms with Crippen molar-refractivity contribution in [1.82, 2.24) is 9.97 Å². The minimum Gasteiger partial charge on any atom is -0.359 e. The number of H-pyrrole nitrogens is 1. The van der Waals surface area contributed by atoms with Crippen molar-refractivity contribution in [2.24, 2.45) is 0 Å². The first-order valence-electron chi connectivity index (χ1n) is 6.86. The summed E-state index contributed by atoms with van der Waals surface area (Å²) in [6.45, 7) is 2.09. The Morgan fingerprint density at radius 2 is 1.95 bits per heavy atom. The summed E-state index contributed by atoms with van der Waals surface area (Å²) in [5.41, 5.74) is 5.25. The molecule has 0 amide bonds. The van der Waals surface area contributed by atoms with E-state index in [1.54, 1.807) is 0 Å². The third kappa shape index (κ3) is 1.99. The van der Waals surface area contributed by atoms with Gasteiger partial charge in [-0.25, -0.2) is 4.98 Å². The number of hydrogen-bond acceptors (Lipinski definition) is 1. The van der Waals surface area contributed by atoms with Crippen LogP contribution in [0.3, 0.4) is 0 Å². The Labute approximate surface area is 127 Å². The lowest BCUT2D eigenvalue weighted by atomic mass is 10.1. The molecule has 0 radical (unpaired) electrons. The average molecular weight is 293 g/mol. The maximum Gasteiger partial charge on any atom is 0.0731 e. The fraction of sp³-hybridized carbons (Fsp3) is 0.0556. The van der Waals surface area contributed by atoms with Gasteiger partial charge in [0.1, 0.15) is 0 Å². The molecule has 4 aromatic rings. The number of halogens is 1. The standard InChI is InChI=1S/C18H13ClN2/c1-11-5-7-16-12(9-11)6-8-17(21-16)14-10-20-18-13(14)3-2-4-15(18)19/h2-10,20H,1H3. The monoisotopic (exact) mass is 292 g/mol. The van der Waals surface area contributed by atoms with Crippen LogP contribution in [0.5, 0.6) is 0 Å². The van der Waals surface area contributed by atoms with Crippen LogP contribution in [-0.4, -0.2) is 9.97 Å². The summed E-state index contributed by atoms with van der Waals surface area (Å²) in [4.78, 5) is 8.02. The Morgan fingerprint density at radius 1 is 1.05 bits per heavy atom. The smallest absolute Gasteiger partial charge is 0.0731 e. The van der Waals surface area contributed by atoms with Crippen molar-refractivity contribution in [3.8, 4) is 11.3 Å². The molecule has 2 heterocycles. The van der Waals surface area contributed by atoms with Gasteiger partial charge in [-0.3, -0.25) is 0 Å². The highest BCUT2D eigenvalue weighted by Crippen LogP contribution is 2.32. The van der Waals surface area contributed by atoms with E-state index in [0.29, 0.717) is 0 Å². The van der Waals surface area contributed by atoms with Gasteiger partial charge in [0.25, 0.3) is 0 Å². The molecule has 102 valence electrons. The Bertz CT molecular complexity index is 969. The number of benzene rings is 2. The van der Waals surface area contributed by atoms with Gasteiger partial charge in [-0.05, 0) is 31.2 Å². The molecule has 3 heteroatoms. The van der Waals surface area contributed by atoms with Crippen LogP contribution in [0.1, 0.15) is 5.56 Å². The number of pyridine rings is 1. The molecule has 2 aromatic heterocycles. The lowest BCUT2D eigenvalue weighted by Gasteiger charge is -2.03. The molecular weight excluding hydrogens is 280 g/mol. The first-order valence-corrected chi connectivity index (χ1v) is 7.23. The van der Waals surface area contributed by atoms with E-state index in [-0.39, 0.29) is 0 Å². The Morgan fingerprint density at radius 3 is 2.86 bits per heavy atom. The maximum absolute atomic E-state index is 6.22. The topological polar surface area (TPSA) is 28.7 Å². The first kappa shape index (κ1) is 12.4. The van der Waals surface area contributed by atoms with Crippen molar-refractivity contribution in [3.63, 3.8) is 0 Å². The normalized spacial score (nSPS) is 11.3.